The quantitative estimate of drug-likeness (QED) is 0.747. The summed E-state index contributed by atoms with van der Waals surface area (Å²) in [7, 11) is 1.82. The van der Waals surface area contributed by atoms with Gasteiger partial charge in [-0.15, -0.1) is 0 Å². The molecule has 0 saturated heterocycles. The van der Waals surface area contributed by atoms with Crippen molar-refractivity contribution in [2.24, 2.45) is 7.05 Å². The van der Waals surface area contributed by atoms with Gasteiger partial charge in [0.1, 0.15) is 5.65 Å². The topological polar surface area (TPSA) is 79.8 Å². The first-order valence-corrected chi connectivity index (χ1v) is 9.38. The highest BCUT2D eigenvalue weighted by Gasteiger charge is 2.23. The summed E-state index contributed by atoms with van der Waals surface area (Å²) in [6, 6.07) is 8.33. The molecule has 6 heteroatoms. The number of pyridine rings is 1. The molecule has 1 atom stereocenters. The fourth-order valence-electron chi connectivity index (χ4n) is 4.27. The average Bonchev–Trinajstić information content (AvgIpc) is 3.16. The lowest BCUT2D eigenvalue weighted by Gasteiger charge is -2.14. The SMILES string of the molecule is Cc1nn(C)c2[nH]c(=O)c(CCC(=O)N[C@H]3CCc4ccccc43)c(C)c12. The van der Waals surface area contributed by atoms with E-state index in [4.69, 9.17) is 0 Å². The summed E-state index contributed by atoms with van der Waals surface area (Å²) in [5.41, 5.74) is 5.58. The summed E-state index contributed by atoms with van der Waals surface area (Å²) in [6.07, 6.45) is 2.65. The van der Waals surface area contributed by atoms with Gasteiger partial charge in [-0.25, -0.2) is 0 Å². The van der Waals surface area contributed by atoms with Gasteiger partial charge in [-0.2, -0.15) is 5.10 Å². The second-order valence-corrected chi connectivity index (χ2v) is 7.35. The molecule has 2 aromatic heterocycles. The van der Waals surface area contributed by atoms with Crippen LogP contribution >= 0.6 is 0 Å². The number of hydrogen-bond donors (Lipinski definition) is 2. The standard InChI is InChI=1S/C21H24N4O2/c1-12-15(21(27)23-20-19(12)13(2)24-25(20)3)9-11-18(26)22-17-10-8-14-6-4-5-7-16(14)17/h4-7,17H,8-11H2,1-3H3,(H,22,26)(H,23,27)/t17-/m0/s1. The third-order valence-corrected chi connectivity index (χ3v) is 5.63. The molecule has 2 N–H and O–H groups in total. The van der Waals surface area contributed by atoms with Crippen LogP contribution in [0.15, 0.2) is 29.1 Å². The van der Waals surface area contributed by atoms with Crippen LogP contribution in [0.3, 0.4) is 0 Å². The number of aryl methyl sites for hydroxylation is 4. The number of aromatic nitrogens is 3. The lowest BCUT2D eigenvalue weighted by molar-refractivity contribution is -0.121. The Bertz CT molecular complexity index is 1090. The maximum absolute atomic E-state index is 12.5. The first-order valence-electron chi connectivity index (χ1n) is 9.38. The molecule has 0 bridgehead atoms. The van der Waals surface area contributed by atoms with E-state index in [1.165, 1.54) is 11.1 Å². The van der Waals surface area contributed by atoms with E-state index in [1.807, 2.05) is 33.0 Å². The smallest absolute Gasteiger partial charge is 0.253 e. The Balaban J connectivity index is 1.50. The van der Waals surface area contributed by atoms with Crippen molar-refractivity contribution in [1.29, 1.82) is 0 Å². The van der Waals surface area contributed by atoms with Crippen molar-refractivity contribution in [3.63, 3.8) is 0 Å². The van der Waals surface area contributed by atoms with E-state index in [-0.39, 0.29) is 17.5 Å². The summed E-state index contributed by atoms with van der Waals surface area (Å²) >= 11 is 0. The molecular formula is C21H24N4O2. The molecule has 1 amide bonds. The molecule has 1 aromatic carbocycles. The number of aromatic amines is 1. The van der Waals surface area contributed by atoms with Gasteiger partial charge in [-0.05, 0) is 49.8 Å². The Morgan fingerprint density at radius 3 is 2.93 bits per heavy atom. The Kier molecular flexibility index (Phi) is 4.34. The van der Waals surface area contributed by atoms with Crippen molar-refractivity contribution >= 4 is 16.9 Å². The number of benzene rings is 1. The van der Waals surface area contributed by atoms with Gasteiger partial charge in [-0.1, -0.05) is 24.3 Å². The molecule has 0 unspecified atom stereocenters. The molecule has 0 aliphatic heterocycles. The van der Waals surface area contributed by atoms with E-state index in [2.05, 4.69) is 27.5 Å². The number of nitrogens with one attached hydrogen (secondary N) is 2. The molecule has 1 aliphatic rings. The van der Waals surface area contributed by atoms with Gasteiger partial charge in [0.05, 0.1) is 11.7 Å². The highest BCUT2D eigenvalue weighted by Crippen LogP contribution is 2.30. The summed E-state index contributed by atoms with van der Waals surface area (Å²) < 4.78 is 1.69. The Labute approximate surface area is 157 Å². The molecule has 0 fully saturated rings. The largest absolute Gasteiger partial charge is 0.349 e. The molecule has 0 radical (unpaired) electrons. The van der Waals surface area contributed by atoms with E-state index in [9.17, 15) is 9.59 Å². The van der Waals surface area contributed by atoms with E-state index >= 15 is 0 Å². The number of rotatable bonds is 4. The summed E-state index contributed by atoms with van der Waals surface area (Å²) in [6.45, 7) is 3.87. The number of H-pyrrole nitrogens is 1. The van der Waals surface area contributed by atoms with Gasteiger partial charge in [0.15, 0.2) is 0 Å². The van der Waals surface area contributed by atoms with Crippen LogP contribution in [0.4, 0.5) is 0 Å². The number of amides is 1. The zero-order valence-corrected chi connectivity index (χ0v) is 15.9. The predicted molar refractivity (Wildman–Crippen MR) is 105 cm³/mol. The summed E-state index contributed by atoms with van der Waals surface area (Å²) in [4.78, 5) is 27.9. The summed E-state index contributed by atoms with van der Waals surface area (Å²) in [5.74, 6) is -0.0153. The highest BCUT2D eigenvalue weighted by atomic mass is 16.1. The van der Waals surface area contributed by atoms with Crippen molar-refractivity contribution in [3.8, 4) is 0 Å². The first kappa shape index (κ1) is 17.5. The normalized spacial score (nSPS) is 15.9. The minimum atomic E-state index is -0.137. The second kappa shape index (κ2) is 6.68. The van der Waals surface area contributed by atoms with Crippen molar-refractivity contribution in [2.75, 3.05) is 0 Å². The van der Waals surface area contributed by atoms with Crippen LogP contribution in [0, 0.1) is 13.8 Å². The van der Waals surface area contributed by atoms with Crippen LogP contribution in [0.5, 0.6) is 0 Å². The lowest BCUT2D eigenvalue weighted by Crippen LogP contribution is -2.28. The maximum atomic E-state index is 12.5. The van der Waals surface area contributed by atoms with E-state index in [0.29, 0.717) is 18.4 Å². The molecule has 140 valence electrons. The van der Waals surface area contributed by atoms with Crippen LogP contribution in [-0.4, -0.2) is 20.7 Å². The molecule has 27 heavy (non-hydrogen) atoms. The Morgan fingerprint density at radius 1 is 1.33 bits per heavy atom. The number of carbonyl (C=O) groups excluding carboxylic acids is 1. The molecule has 0 saturated carbocycles. The monoisotopic (exact) mass is 364 g/mol. The fraction of sp³-hybridized carbons (Fsp3) is 0.381. The summed E-state index contributed by atoms with van der Waals surface area (Å²) in [5, 5.41) is 8.48. The fourth-order valence-corrected chi connectivity index (χ4v) is 4.27. The van der Waals surface area contributed by atoms with Crippen LogP contribution in [0.25, 0.3) is 11.0 Å². The average molecular weight is 364 g/mol. The van der Waals surface area contributed by atoms with Gasteiger partial charge in [0, 0.05) is 24.4 Å². The van der Waals surface area contributed by atoms with Gasteiger partial charge in [0.2, 0.25) is 5.91 Å². The Morgan fingerprint density at radius 2 is 2.11 bits per heavy atom. The highest BCUT2D eigenvalue weighted by molar-refractivity contribution is 5.83. The Hall–Kier alpha value is -2.89. The van der Waals surface area contributed by atoms with E-state index in [0.717, 1.165) is 35.1 Å². The van der Waals surface area contributed by atoms with Crippen LogP contribution in [-0.2, 0) is 24.7 Å². The number of carbonyl (C=O) groups is 1. The predicted octanol–water partition coefficient (Wildman–Crippen LogP) is 2.61. The molecule has 6 nitrogen and oxygen atoms in total. The van der Waals surface area contributed by atoms with Crippen LogP contribution in [0.2, 0.25) is 0 Å². The molecule has 0 spiro atoms. The van der Waals surface area contributed by atoms with Crippen molar-refractivity contribution in [3.05, 3.63) is 62.6 Å². The first-order chi connectivity index (χ1) is 13.0. The lowest BCUT2D eigenvalue weighted by atomic mass is 10.0. The molecule has 4 rings (SSSR count). The number of fused-ring (bicyclic) bond motifs is 2. The third-order valence-electron chi connectivity index (χ3n) is 5.63. The minimum Gasteiger partial charge on any atom is -0.349 e. The van der Waals surface area contributed by atoms with Gasteiger partial charge < -0.3 is 10.3 Å². The van der Waals surface area contributed by atoms with Gasteiger partial charge >= 0.3 is 0 Å². The zero-order chi connectivity index (χ0) is 19.1. The van der Waals surface area contributed by atoms with E-state index < -0.39 is 0 Å². The number of hydrogen-bond acceptors (Lipinski definition) is 3. The van der Waals surface area contributed by atoms with Gasteiger partial charge in [0.25, 0.3) is 5.56 Å². The molecule has 3 aromatic rings. The van der Waals surface area contributed by atoms with Crippen molar-refractivity contribution in [1.82, 2.24) is 20.1 Å². The zero-order valence-electron chi connectivity index (χ0n) is 15.9. The maximum Gasteiger partial charge on any atom is 0.253 e. The molecular weight excluding hydrogens is 340 g/mol. The molecule has 1 aliphatic carbocycles. The minimum absolute atomic E-state index is 0.0153. The van der Waals surface area contributed by atoms with Crippen LogP contribution < -0.4 is 10.9 Å². The van der Waals surface area contributed by atoms with Crippen molar-refractivity contribution < 1.29 is 4.79 Å². The van der Waals surface area contributed by atoms with Crippen molar-refractivity contribution in [2.45, 2.75) is 45.6 Å². The third kappa shape index (κ3) is 3.05. The van der Waals surface area contributed by atoms with E-state index in [1.54, 1.807) is 4.68 Å². The number of nitrogens with zero attached hydrogens (tertiary/aromatic N) is 2. The second-order valence-electron chi connectivity index (χ2n) is 7.35. The van der Waals surface area contributed by atoms with Gasteiger partial charge in [-0.3, -0.25) is 14.3 Å². The van der Waals surface area contributed by atoms with Crippen LogP contribution in [0.1, 0.15) is 46.8 Å². The molecule has 2 heterocycles.